The highest BCUT2D eigenvalue weighted by Crippen LogP contribution is 2.26. The molecule has 1 saturated heterocycles. The predicted molar refractivity (Wildman–Crippen MR) is 91.5 cm³/mol. The molecule has 0 aromatic carbocycles. The maximum absolute atomic E-state index is 12.5. The van der Waals surface area contributed by atoms with E-state index in [-0.39, 0.29) is 24.0 Å². The van der Waals surface area contributed by atoms with Crippen molar-refractivity contribution in [2.24, 2.45) is 11.7 Å². The Bertz CT molecular complexity index is 570. The SMILES string of the molecule is CCO[C@H](C)c1noc(CN2CCN(C(=O)[C@H]3CC[C@@H](N)C3)CC2)n1. The molecule has 140 valence electrons. The lowest BCUT2D eigenvalue weighted by Gasteiger charge is -2.35. The number of piperazine rings is 1. The number of carbonyl (C=O) groups is 1. The molecule has 0 bridgehead atoms. The third kappa shape index (κ3) is 4.56. The van der Waals surface area contributed by atoms with Crippen LogP contribution in [0.15, 0.2) is 4.52 Å². The van der Waals surface area contributed by atoms with E-state index in [1.54, 1.807) is 0 Å². The molecule has 2 aliphatic rings. The van der Waals surface area contributed by atoms with Crippen molar-refractivity contribution in [2.45, 2.75) is 51.8 Å². The molecule has 1 aliphatic heterocycles. The van der Waals surface area contributed by atoms with Crippen molar-refractivity contribution in [2.75, 3.05) is 32.8 Å². The van der Waals surface area contributed by atoms with Crippen LogP contribution >= 0.6 is 0 Å². The second-order valence-corrected chi connectivity index (χ2v) is 7.02. The number of rotatable bonds is 6. The normalized spacial score (nSPS) is 26.1. The van der Waals surface area contributed by atoms with Crippen LogP contribution < -0.4 is 5.73 Å². The summed E-state index contributed by atoms with van der Waals surface area (Å²) < 4.78 is 10.8. The Morgan fingerprint density at radius 2 is 2.12 bits per heavy atom. The van der Waals surface area contributed by atoms with Crippen molar-refractivity contribution in [3.8, 4) is 0 Å². The average molecular weight is 351 g/mol. The second kappa shape index (κ2) is 8.25. The fourth-order valence-corrected chi connectivity index (χ4v) is 3.64. The zero-order valence-electron chi connectivity index (χ0n) is 15.2. The minimum absolute atomic E-state index is 0.125. The van der Waals surface area contributed by atoms with Crippen LogP contribution in [0.5, 0.6) is 0 Å². The molecule has 25 heavy (non-hydrogen) atoms. The van der Waals surface area contributed by atoms with Gasteiger partial charge in [0, 0.05) is 44.7 Å². The first-order valence-electron chi connectivity index (χ1n) is 9.27. The minimum Gasteiger partial charge on any atom is -0.371 e. The summed E-state index contributed by atoms with van der Waals surface area (Å²) in [5.41, 5.74) is 5.93. The summed E-state index contributed by atoms with van der Waals surface area (Å²) in [6, 6.07) is 0.195. The fourth-order valence-electron chi connectivity index (χ4n) is 3.64. The highest BCUT2D eigenvalue weighted by molar-refractivity contribution is 5.79. The van der Waals surface area contributed by atoms with Crippen LogP contribution in [0.2, 0.25) is 0 Å². The van der Waals surface area contributed by atoms with Gasteiger partial charge in [0.25, 0.3) is 0 Å². The topological polar surface area (TPSA) is 97.7 Å². The number of carbonyl (C=O) groups excluding carboxylic acids is 1. The van der Waals surface area contributed by atoms with Crippen LogP contribution in [-0.2, 0) is 16.1 Å². The molecular weight excluding hydrogens is 322 g/mol. The molecule has 8 nitrogen and oxygen atoms in total. The van der Waals surface area contributed by atoms with Gasteiger partial charge in [-0.3, -0.25) is 9.69 Å². The van der Waals surface area contributed by atoms with Crippen molar-refractivity contribution in [1.29, 1.82) is 0 Å². The van der Waals surface area contributed by atoms with Crippen LogP contribution in [0, 0.1) is 5.92 Å². The molecule has 0 unspecified atom stereocenters. The molecule has 0 spiro atoms. The highest BCUT2D eigenvalue weighted by atomic mass is 16.5. The smallest absolute Gasteiger partial charge is 0.240 e. The first-order chi connectivity index (χ1) is 12.1. The van der Waals surface area contributed by atoms with E-state index >= 15 is 0 Å². The number of ether oxygens (including phenoxy) is 1. The molecule has 1 aromatic rings. The molecule has 0 radical (unpaired) electrons. The first-order valence-corrected chi connectivity index (χ1v) is 9.27. The van der Waals surface area contributed by atoms with Crippen molar-refractivity contribution in [3.05, 3.63) is 11.7 Å². The van der Waals surface area contributed by atoms with Crippen LogP contribution in [0.1, 0.15) is 50.9 Å². The monoisotopic (exact) mass is 351 g/mol. The quantitative estimate of drug-likeness (QED) is 0.814. The van der Waals surface area contributed by atoms with Gasteiger partial charge < -0.3 is 19.9 Å². The van der Waals surface area contributed by atoms with Gasteiger partial charge in [-0.15, -0.1) is 0 Å². The molecule has 2 fully saturated rings. The molecule has 3 atom stereocenters. The van der Waals surface area contributed by atoms with Crippen molar-refractivity contribution < 1.29 is 14.1 Å². The van der Waals surface area contributed by atoms with E-state index in [2.05, 4.69) is 15.0 Å². The van der Waals surface area contributed by atoms with E-state index in [1.165, 1.54) is 0 Å². The van der Waals surface area contributed by atoms with E-state index in [4.69, 9.17) is 15.0 Å². The Morgan fingerprint density at radius 1 is 1.36 bits per heavy atom. The van der Waals surface area contributed by atoms with Gasteiger partial charge >= 0.3 is 0 Å². The number of nitrogens with two attached hydrogens (primary N) is 1. The van der Waals surface area contributed by atoms with Crippen molar-refractivity contribution in [1.82, 2.24) is 19.9 Å². The molecule has 8 heteroatoms. The Morgan fingerprint density at radius 3 is 2.76 bits per heavy atom. The number of nitrogens with zero attached hydrogens (tertiary/aromatic N) is 4. The minimum atomic E-state index is -0.158. The van der Waals surface area contributed by atoms with Crippen LogP contribution in [-0.4, -0.2) is 64.7 Å². The van der Waals surface area contributed by atoms with Crippen LogP contribution in [0.3, 0.4) is 0 Å². The van der Waals surface area contributed by atoms with Gasteiger partial charge in [0.15, 0.2) is 5.82 Å². The summed E-state index contributed by atoms with van der Waals surface area (Å²) in [5.74, 6) is 1.59. The lowest BCUT2D eigenvalue weighted by atomic mass is 10.1. The Balaban J connectivity index is 1.45. The third-order valence-electron chi connectivity index (χ3n) is 5.13. The van der Waals surface area contributed by atoms with Crippen LogP contribution in [0.4, 0.5) is 0 Å². The van der Waals surface area contributed by atoms with Gasteiger partial charge in [-0.05, 0) is 33.1 Å². The van der Waals surface area contributed by atoms with Crippen LogP contribution in [0.25, 0.3) is 0 Å². The standard InChI is InChI=1S/C17H29N5O3/c1-3-24-12(2)16-19-15(25-20-16)11-21-6-8-22(9-7-21)17(23)13-4-5-14(18)10-13/h12-14H,3-11,18H2,1-2H3/t12-,13+,14-/m1/s1. The summed E-state index contributed by atoms with van der Waals surface area (Å²) in [5, 5.41) is 3.99. The van der Waals surface area contributed by atoms with Gasteiger partial charge in [0.05, 0.1) is 6.54 Å². The van der Waals surface area contributed by atoms with Gasteiger partial charge in [-0.1, -0.05) is 5.16 Å². The zero-order valence-corrected chi connectivity index (χ0v) is 15.2. The summed E-state index contributed by atoms with van der Waals surface area (Å²) in [6.45, 7) is 8.23. The number of hydrogen-bond acceptors (Lipinski definition) is 7. The average Bonchev–Trinajstić information content (AvgIpc) is 3.24. The molecular formula is C17H29N5O3. The second-order valence-electron chi connectivity index (χ2n) is 7.02. The van der Waals surface area contributed by atoms with E-state index in [0.29, 0.717) is 24.9 Å². The lowest BCUT2D eigenvalue weighted by molar-refractivity contribution is -0.137. The number of hydrogen-bond donors (Lipinski definition) is 1. The van der Waals surface area contributed by atoms with Gasteiger partial charge in [-0.25, -0.2) is 0 Å². The van der Waals surface area contributed by atoms with Crippen molar-refractivity contribution >= 4 is 5.91 Å². The lowest BCUT2D eigenvalue weighted by Crippen LogP contribution is -2.49. The van der Waals surface area contributed by atoms with E-state index in [9.17, 15) is 4.79 Å². The van der Waals surface area contributed by atoms with E-state index in [1.807, 2.05) is 18.7 Å². The number of aromatic nitrogens is 2. The van der Waals surface area contributed by atoms with Crippen molar-refractivity contribution in [3.63, 3.8) is 0 Å². The molecule has 3 rings (SSSR count). The predicted octanol–water partition coefficient (Wildman–Crippen LogP) is 0.939. The Labute approximate surface area is 148 Å². The zero-order chi connectivity index (χ0) is 17.8. The van der Waals surface area contributed by atoms with Gasteiger partial charge in [0.1, 0.15) is 6.10 Å². The summed E-state index contributed by atoms with van der Waals surface area (Å²) in [4.78, 5) is 21.2. The Kier molecular flexibility index (Phi) is 6.03. The van der Waals surface area contributed by atoms with E-state index < -0.39 is 0 Å². The third-order valence-corrected chi connectivity index (χ3v) is 5.13. The molecule has 2 heterocycles. The molecule has 1 saturated carbocycles. The fraction of sp³-hybridized carbons (Fsp3) is 0.824. The summed E-state index contributed by atoms with van der Waals surface area (Å²) in [7, 11) is 0. The first kappa shape index (κ1) is 18.3. The van der Waals surface area contributed by atoms with E-state index in [0.717, 1.165) is 45.4 Å². The highest BCUT2D eigenvalue weighted by Gasteiger charge is 2.32. The number of amides is 1. The Hall–Kier alpha value is -1.51. The maximum Gasteiger partial charge on any atom is 0.240 e. The maximum atomic E-state index is 12.5. The molecule has 1 aliphatic carbocycles. The molecule has 1 aromatic heterocycles. The summed E-state index contributed by atoms with van der Waals surface area (Å²) >= 11 is 0. The van der Waals surface area contributed by atoms with Gasteiger partial charge in [-0.2, -0.15) is 4.98 Å². The summed E-state index contributed by atoms with van der Waals surface area (Å²) in [6.07, 6.45) is 2.58. The molecule has 2 N–H and O–H groups in total. The molecule has 1 amide bonds. The largest absolute Gasteiger partial charge is 0.371 e. The van der Waals surface area contributed by atoms with Gasteiger partial charge in [0.2, 0.25) is 11.8 Å².